The van der Waals surface area contributed by atoms with Crippen molar-refractivity contribution in [3.63, 3.8) is 0 Å². The van der Waals surface area contributed by atoms with Gasteiger partial charge in [-0.1, -0.05) is 36.6 Å². The molecule has 1 aromatic carbocycles. The predicted molar refractivity (Wildman–Crippen MR) is 93.1 cm³/mol. The first-order chi connectivity index (χ1) is 11.7. The molecule has 0 saturated heterocycles. The van der Waals surface area contributed by atoms with Gasteiger partial charge in [0.1, 0.15) is 0 Å². The van der Waals surface area contributed by atoms with Gasteiger partial charge in [-0.05, 0) is 30.5 Å². The highest BCUT2D eigenvalue weighted by atomic mass is 35.5. The van der Waals surface area contributed by atoms with Crippen molar-refractivity contribution < 1.29 is 4.79 Å². The Balaban J connectivity index is 1.64. The van der Waals surface area contributed by atoms with Crippen molar-refractivity contribution in [1.29, 1.82) is 0 Å². The molecule has 1 aliphatic heterocycles. The van der Waals surface area contributed by atoms with Gasteiger partial charge in [0.15, 0.2) is 5.69 Å². The zero-order valence-electron chi connectivity index (χ0n) is 13.5. The van der Waals surface area contributed by atoms with Crippen LogP contribution in [-0.2, 0) is 18.5 Å². The maximum absolute atomic E-state index is 12.9. The number of nitrogens with one attached hydrogen (secondary N) is 3. The molecule has 6 heteroatoms. The van der Waals surface area contributed by atoms with E-state index in [1.807, 2.05) is 18.2 Å². The summed E-state index contributed by atoms with van der Waals surface area (Å²) >= 11 is 6.18. The van der Waals surface area contributed by atoms with Gasteiger partial charge in [-0.3, -0.25) is 9.89 Å². The van der Waals surface area contributed by atoms with E-state index in [1.54, 1.807) is 0 Å². The topological polar surface area (TPSA) is 69.8 Å². The second-order valence-corrected chi connectivity index (χ2v) is 7.15. The fourth-order valence-electron chi connectivity index (χ4n) is 3.94. The molecule has 0 unspecified atom stereocenters. The van der Waals surface area contributed by atoms with Crippen LogP contribution in [0.3, 0.4) is 0 Å². The Hall–Kier alpha value is -1.85. The molecule has 0 radical (unpaired) electrons. The molecule has 5 nitrogen and oxygen atoms in total. The van der Waals surface area contributed by atoms with Crippen LogP contribution in [-0.4, -0.2) is 22.6 Å². The van der Waals surface area contributed by atoms with Crippen LogP contribution in [0.15, 0.2) is 24.3 Å². The smallest absolute Gasteiger partial charge is 0.272 e. The molecule has 1 fully saturated rings. The third-order valence-electron chi connectivity index (χ3n) is 5.21. The van der Waals surface area contributed by atoms with Crippen LogP contribution < -0.4 is 10.6 Å². The van der Waals surface area contributed by atoms with Gasteiger partial charge in [-0.15, -0.1) is 0 Å². The minimum absolute atomic E-state index is 0.0990. The second-order valence-electron chi connectivity index (χ2n) is 6.71. The fraction of sp³-hybridized carbons (Fsp3) is 0.444. The quantitative estimate of drug-likeness (QED) is 0.801. The Kier molecular flexibility index (Phi) is 4.06. The van der Waals surface area contributed by atoms with E-state index < -0.39 is 0 Å². The molecule has 1 aliphatic carbocycles. The molecular weight excluding hydrogens is 324 g/mol. The normalized spacial score (nSPS) is 19.0. The summed E-state index contributed by atoms with van der Waals surface area (Å²) in [5.74, 6) is -0.0990. The van der Waals surface area contributed by atoms with Crippen LogP contribution in [0.25, 0.3) is 0 Å². The molecular formula is C18H21ClN4O. The van der Waals surface area contributed by atoms with E-state index in [0.29, 0.717) is 17.3 Å². The summed E-state index contributed by atoms with van der Waals surface area (Å²) in [7, 11) is 0. The summed E-state index contributed by atoms with van der Waals surface area (Å²) in [4.78, 5) is 12.9. The highest BCUT2D eigenvalue weighted by Crippen LogP contribution is 2.39. The Bertz CT molecular complexity index is 764. The first-order valence-electron chi connectivity index (χ1n) is 8.53. The molecule has 126 valence electrons. The van der Waals surface area contributed by atoms with Crippen molar-refractivity contribution in [2.24, 2.45) is 0 Å². The van der Waals surface area contributed by atoms with Gasteiger partial charge < -0.3 is 10.6 Å². The number of carbonyl (C=O) groups is 1. The number of nitrogens with zero attached hydrogens (tertiary/aromatic N) is 1. The predicted octanol–water partition coefficient (Wildman–Crippen LogP) is 2.91. The third-order valence-corrected chi connectivity index (χ3v) is 5.44. The number of hydrogen-bond acceptors (Lipinski definition) is 3. The van der Waals surface area contributed by atoms with Crippen LogP contribution in [0.2, 0.25) is 5.02 Å². The van der Waals surface area contributed by atoms with Crippen molar-refractivity contribution >= 4 is 17.5 Å². The Morgan fingerprint density at radius 1 is 1.29 bits per heavy atom. The van der Waals surface area contributed by atoms with Gasteiger partial charge in [0, 0.05) is 35.8 Å². The number of benzene rings is 1. The van der Waals surface area contributed by atoms with Crippen molar-refractivity contribution in [3.05, 3.63) is 51.8 Å². The number of aromatic nitrogens is 2. The SMILES string of the molecule is O=C(NC1(c2cccc(Cl)c2)CCCC1)c1n[nH]c2c1CNCC2. The summed E-state index contributed by atoms with van der Waals surface area (Å²) in [6.45, 7) is 1.61. The van der Waals surface area contributed by atoms with Crippen LogP contribution in [0, 0.1) is 0 Å². The number of halogens is 1. The number of H-pyrrole nitrogens is 1. The lowest BCUT2D eigenvalue weighted by Gasteiger charge is -2.31. The lowest BCUT2D eigenvalue weighted by molar-refractivity contribution is 0.0891. The van der Waals surface area contributed by atoms with Gasteiger partial charge >= 0.3 is 0 Å². The van der Waals surface area contributed by atoms with E-state index in [1.165, 1.54) is 0 Å². The summed E-state index contributed by atoms with van der Waals surface area (Å²) in [5, 5.41) is 14.6. The van der Waals surface area contributed by atoms with E-state index in [9.17, 15) is 4.79 Å². The van der Waals surface area contributed by atoms with Crippen molar-refractivity contribution in [2.75, 3.05) is 6.54 Å². The molecule has 0 atom stereocenters. The van der Waals surface area contributed by atoms with Crippen LogP contribution >= 0.6 is 11.6 Å². The zero-order chi connectivity index (χ0) is 16.6. The van der Waals surface area contributed by atoms with E-state index in [2.05, 4.69) is 26.9 Å². The molecule has 2 heterocycles. The third kappa shape index (κ3) is 2.72. The summed E-state index contributed by atoms with van der Waals surface area (Å²) in [5.41, 5.74) is 3.34. The number of aromatic amines is 1. The molecule has 2 aromatic rings. The maximum atomic E-state index is 12.9. The first-order valence-corrected chi connectivity index (χ1v) is 8.91. The van der Waals surface area contributed by atoms with E-state index in [0.717, 1.165) is 55.5 Å². The Morgan fingerprint density at radius 3 is 2.92 bits per heavy atom. The van der Waals surface area contributed by atoms with Gasteiger partial charge in [0.25, 0.3) is 5.91 Å². The molecule has 0 bridgehead atoms. The van der Waals surface area contributed by atoms with Gasteiger partial charge in [-0.25, -0.2) is 0 Å². The second kappa shape index (κ2) is 6.22. The van der Waals surface area contributed by atoms with Crippen molar-refractivity contribution in [3.8, 4) is 0 Å². The Morgan fingerprint density at radius 2 is 2.12 bits per heavy atom. The average Bonchev–Trinajstić information content (AvgIpc) is 3.22. The number of hydrogen-bond donors (Lipinski definition) is 3. The number of amides is 1. The number of fused-ring (bicyclic) bond motifs is 1. The molecule has 1 amide bonds. The molecule has 24 heavy (non-hydrogen) atoms. The molecule has 0 spiro atoms. The maximum Gasteiger partial charge on any atom is 0.272 e. The molecule has 2 aliphatic rings. The van der Waals surface area contributed by atoms with Gasteiger partial charge in [0.2, 0.25) is 0 Å². The van der Waals surface area contributed by atoms with Crippen LogP contribution in [0.4, 0.5) is 0 Å². The monoisotopic (exact) mass is 344 g/mol. The fourth-order valence-corrected chi connectivity index (χ4v) is 4.13. The number of rotatable bonds is 3. The minimum atomic E-state index is -0.337. The number of carbonyl (C=O) groups excluding carboxylic acids is 1. The highest BCUT2D eigenvalue weighted by Gasteiger charge is 2.38. The molecule has 4 rings (SSSR count). The first kappa shape index (κ1) is 15.7. The molecule has 1 aromatic heterocycles. The average molecular weight is 345 g/mol. The van der Waals surface area contributed by atoms with E-state index in [4.69, 9.17) is 11.6 Å². The largest absolute Gasteiger partial charge is 0.341 e. The van der Waals surface area contributed by atoms with E-state index in [-0.39, 0.29) is 11.4 Å². The van der Waals surface area contributed by atoms with Crippen molar-refractivity contribution in [1.82, 2.24) is 20.8 Å². The van der Waals surface area contributed by atoms with Gasteiger partial charge in [-0.2, -0.15) is 5.10 Å². The van der Waals surface area contributed by atoms with Crippen LogP contribution in [0.5, 0.6) is 0 Å². The lowest BCUT2D eigenvalue weighted by atomic mass is 9.88. The summed E-state index contributed by atoms with van der Waals surface area (Å²) < 4.78 is 0. The van der Waals surface area contributed by atoms with Gasteiger partial charge in [0.05, 0.1) is 5.54 Å². The summed E-state index contributed by atoms with van der Waals surface area (Å²) in [6.07, 6.45) is 4.96. The molecule has 1 saturated carbocycles. The van der Waals surface area contributed by atoms with Crippen molar-refractivity contribution in [2.45, 2.75) is 44.2 Å². The standard InChI is InChI=1S/C18H21ClN4O/c19-13-5-3-4-12(10-13)18(7-1-2-8-18)21-17(24)16-14-11-20-9-6-15(14)22-23-16/h3-5,10,20H,1-2,6-9,11H2,(H,21,24)(H,22,23). The summed E-state index contributed by atoms with van der Waals surface area (Å²) in [6, 6.07) is 7.84. The van der Waals surface area contributed by atoms with Crippen LogP contribution in [0.1, 0.15) is 53.0 Å². The molecule has 3 N–H and O–H groups in total. The lowest BCUT2D eigenvalue weighted by Crippen LogP contribution is -2.44. The van der Waals surface area contributed by atoms with E-state index >= 15 is 0 Å². The Labute approximate surface area is 146 Å². The zero-order valence-corrected chi connectivity index (χ0v) is 14.2. The highest BCUT2D eigenvalue weighted by molar-refractivity contribution is 6.30. The minimum Gasteiger partial charge on any atom is -0.341 e.